The van der Waals surface area contributed by atoms with Gasteiger partial charge in [-0.05, 0) is 36.1 Å². The van der Waals surface area contributed by atoms with Crippen molar-refractivity contribution in [1.29, 1.82) is 0 Å². The van der Waals surface area contributed by atoms with Gasteiger partial charge in [-0.15, -0.1) is 0 Å². The van der Waals surface area contributed by atoms with Gasteiger partial charge < -0.3 is 0 Å². The third kappa shape index (κ3) is 4.44. The van der Waals surface area contributed by atoms with E-state index in [1.165, 1.54) is 6.07 Å². The molecule has 0 spiro atoms. The monoisotopic (exact) mass is 286 g/mol. The van der Waals surface area contributed by atoms with Crippen molar-refractivity contribution in [3.8, 4) is 0 Å². The first-order valence-electron chi connectivity index (χ1n) is 5.44. The van der Waals surface area contributed by atoms with Crippen molar-refractivity contribution in [3.63, 3.8) is 0 Å². The standard InChI is InChI=1S/C13H16BrFO/c1-9(2)3-5-12(16)8-10-7-11(14)4-6-13(10)15/h4,6-7,9H,3,5,8H2,1-2H3. The van der Waals surface area contributed by atoms with Gasteiger partial charge in [0.05, 0.1) is 0 Å². The summed E-state index contributed by atoms with van der Waals surface area (Å²) in [5, 5.41) is 0. The molecule has 0 aliphatic rings. The Morgan fingerprint density at radius 1 is 1.44 bits per heavy atom. The fraction of sp³-hybridized carbons (Fsp3) is 0.462. The largest absolute Gasteiger partial charge is 0.299 e. The van der Waals surface area contributed by atoms with Crippen LogP contribution in [0.1, 0.15) is 32.3 Å². The molecule has 0 unspecified atom stereocenters. The van der Waals surface area contributed by atoms with E-state index in [0.29, 0.717) is 17.9 Å². The summed E-state index contributed by atoms with van der Waals surface area (Å²) in [5.41, 5.74) is 0.475. The lowest BCUT2D eigenvalue weighted by Crippen LogP contribution is -2.06. The van der Waals surface area contributed by atoms with Crippen molar-refractivity contribution in [2.45, 2.75) is 33.1 Å². The molecule has 0 aliphatic carbocycles. The van der Waals surface area contributed by atoms with Crippen LogP contribution in [-0.2, 0) is 11.2 Å². The molecule has 0 fully saturated rings. The molecule has 0 aliphatic heterocycles. The van der Waals surface area contributed by atoms with Crippen molar-refractivity contribution < 1.29 is 9.18 Å². The highest BCUT2D eigenvalue weighted by Crippen LogP contribution is 2.17. The summed E-state index contributed by atoms with van der Waals surface area (Å²) in [4.78, 5) is 11.6. The second kappa shape index (κ2) is 6.14. The number of ketones is 1. The second-order valence-corrected chi connectivity index (χ2v) is 5.30. The van der Waals surface area contributed by atoms with Crippen LogP contribution in [0.25, 0.3) is 0 Å². The summed E-state index contributed by atoms with van der Waals surface area (Å²) >= 11 is 3.27. The lowest BCUT2D eigenvalue weighted by Gasteiger charge is -2.05. The molecule has 0 saturated heterocycles. The van der Waals surface area contributed by atoms with Crippen LogP contribution < -0.4 is 0 Å². The minimum Gasteiger partial charge on any atom is -0.299 e. The molecule has 1 aromatic carbocycles. The van der Waals surface area contributed by atoms with E-state index in [9.17, 15) is 9.18 Å². The summed E-state index contributed by atoms with van der Waals surface area (Å²) in [7, 11) is 0. The van der Waals surface area contributed by atoms with E-state index in [1.54, 1.807) is 12.1 Å². The SMILES string of the molecule is CC(C)CCC(=O)Cc1cc(Br)ccc1F. The molecule has 0 saturated carbocycles. The van der Waals surface area contributed by atoms with E-state index < -0.39 is 0 Å². The first kappa shape index (κ1) is 13.4. The second-order valence-electron chi connectivity index (χ2n) is 4.38. The summed E-state index contributed by atoms with van der Waals surface area (Å²) < 4.78 is 14.2. The summed E-state index contributed by atoms with van der Waals surface area (Å²) in [6, 6.07) is 4.69. The average molecular weight is 287 g/mol. The molecule has 0 amide bonds. The van der Waals surface area contributed by atoms with Gasteiger partial charge in [-0.3, -0.25) is 4.79 Å². The number of Topliss-reactive ketones (excluding diaryl/α,β-unsaturated/α-hetero) is 1. The van der Waals surface area contributed by atoms with E-state index in [4.69, 9.17) is 0 Å². The quantitative estimate of drug-likeness (QED) is 0.795. The van der Waals surface area contributed by atoms with Gasteiger partial charge in [-0.2, -0.15) is 0 Å². The zero-order valence-electron chi connectivity index (χ0n) is 9.59. The smallest absolute Gasteiger partial charge is 0.137 e. The predicted molar refractivity (Wildman–Crippen MR) is 66.9 cm³/mol. The fourth-order valence-corrected chi connectivity index (χ4v) is 1.84. The van der Waals surface area contributed by atoms with Gasteiger partial charge in [-0.25, -0.2) is 4.39 Å². The Balaban J connectivity index is 2.59. The van der Waals surface area contributed by atoms with E-state index >= 15 is 0 Å². The molecule has 16 heavy (non-hydrogen) atoms. The van der Waals surface area contributed by atoms with Gasteiger partial charge in [-0.1, -0.05) is 29.8 Å². The first-order valence-corrected chi connectivity index (χ1v) is 6.24. The molecular formula is C13H16BrFO. The maximum Gasteiger partial charge on any atom is 0.137 e. The molecule has 0 bridgehead atoms. The third-order valence-electron chi connectivity index (χ3n) is 2.40. The van der Waals surface area contributed by atoms with Crippen LogP contribution >= 0.6 is 15.9 Å². The summed E-state index contributed by atoms with van der Waals surface area (Å²) in [6.07, 6.45) is 1.59. The highest BCUT2D eigenvalue weighted by atomic mass is 79.9. The maximum atomic E-state index is 13.4. The molecule has 1 rings (SSSR count). The Bertz CT molecular complexity index is 374. The van der Waals surface area contributed by atoms with Crippen molar-refractivity contribution in [2.75, 3.05) is 0 Å². The highest BCUT2D eigenvalue weighted by molar-refractivity contribution is 9.10. The van der Waals surface area contributed by atoms with Crippen molar-refractivity contribution in [2.24, 2.45) is 5.92 Å². The molecular weight excluding hydrogens is 271 g/mol. The zero-order valence-corrected chi connectivity index (χ0v) is 11.2. The van der Waals surface area contributed by atoms with Crippen molar-refractivity contribution in [1.82, 2.24) is 0 Å². The lowest BCUT2D eigenvalue weighted by atomic mass is 10.0. The molecule has 0 heterocycles. The number of benzene rings is 1. The van der Waals surface area contributed by atoms with Gasteiger partial charge in [0.2, 0.25) is 0 Å². The molecule has 1 nitrogen and oxygen atoms in total. The molecule has 0 N–H and O–H groups in total. The highest BCUT2D eigenvalue weighted by Gasteiger charge is 2.09. The molecule has 0 atom stereocenters. The molecule has 1 aromatic rings. The maximum absolute atomic E-state index is 13.4. The number of rotatable bonds is 5. The van der Waals surface area contributed by atoms with Gasteiger partial charge >= 0.3 is 0 Å². The Morgan fingerprint density at radius 2 is 2.12 bits per heavy atom. The number of carbonyl (C=O) groups is 1. The van der Waals surface area contributed by atoms with E-state index in [-0.39, 0.29) is 18.0 Å². The van der Waals surface area contributed by atoms with Crippen molar-refractivity contribution >= 4 is 21.7 Å². The van der Waals surface area contributed by atoms with Crippen LogP contribution in [0.2, 0.25) is 0 Å². The minimum absolute atomic E-state index is 0.103. The van der Waals surface area contributed by atoms with Crippen LogP contribution in [0, 0.1) is 11.7 Å². The summed E-state index contributed by atoms with van der Waals surface area (Å²) in [5.74, 6) is 0.308. The average Bonchev–Trinajstić information content (AvgIpc) is 2.20. The number of halogens is 2. The van der Waals surface area contributed by atoms with Gasteiger partial charge in [0.25, 0.3) is 0 Å². The summed E-state index contributed by atoms with van der Waals surface area (Å²) in [6.45, 7) is 4.15. The molecule has 88 valence electrons. The van der Waals surface area contributed by atoms with Crippen LogP contribution in [0.5, 0.6) is 0 Å². The molecule has 0 radical (unpaired) electrons. The number of carbonyl (C=O) groups excluding carboxylic acids is 1. The Kier molecular flexibility index (Phi) is 5.13. The van der Waals surface area contributed by atoms with Crippen LogP contribution in [0.15, 0.2) is 22.7 Å². The fourth-order valence-electron chi connectivity index (χ4n) is 1.43. The van der Waals surface area contributed by atoms with Gasteiger partial charge in [0.1, 0.15) is 11.6 Å². The number of hydrogen-bond acceptors (Lipinski definition) is 1. The Morgan fingerprint density at radius 3 is 2.75 bits per heavy atom. The van der Waals surface area contributed by atoms with E-state index in [2.05, 4.69) is 29.8 Å². The first-order chi connectivity index (χ1) is 7.49. The predicted octanol–water partition coefficient (Wildman–Crippen LogP) is 4.14. The lowest BCUT2D eigenvalue weighted by molar-refractivity contribution is -0.118. The van der Waals surface area contributed by atoms with Gasteiger partial charge in [0.15, 0.2) is 0 Å². The minimum atomic E-state index is -0.305. The molecule has 3 heteroatoms. The van der Waals surface area contributed by atoms with Gasteiger partial charge in [0, 0.05) is 17.3 Å². The Hall–Kier alpha value is -0.700. The normalized spacial score (nSPS) is 10.8. The van der Waals surface area contributed by atoms with Crippen LogP contribution in [0.4, 0.5) is 4.39 Å². The number of hydrogen-bond donors (Lipinski definition) is 0. The van der Waals surface area contributed by atoms with E-state index in [1.807, 2.05) is 0 Å². The zero-order chi connectivity index (χ0) is 12.1. The van der Waals surface area contributed by atoms with E-state index in [0.717, 1.165) is 10.9 Å². The van der Waals surface area contributed by atoms with Crippen LogP contribution in [-0.4, -0.2) is 5.78 Å². The molecule has 0 aromatic heterocycles. The Labute approximate surface area is 104 Å². The topological polar surface area (TPSA) is 17.1 Å². The van der Waals surface area contributed by atoms with Crippen molar-refractivity contribution in [3.05, 3.63) is 34.1 Å². The van der Waals surface area contributed by atoms with Crippen LogP contribution in [0.3, 0.4) is 0 Å². The third-order valence-corrected chi connectivity index (χ3v) is 2.89.